The van der Waals surface area contributed by atoms with E-state index in [4.69, 9.17) is 0 Å². The van der Waals surface area contributed by atoms with Crippen molar-refractivity contribution in [2.75, 3.05) is 0 Å². The molecule has 84 valence electrons. The third kappa shape index (κ3) is 3.57. The number of ketones is 2. The summed E-state index contributed by atoms with van der Waals surface area (Å²) in [6.45, 7) is 1.55. The zero-order chi connectivity index (χ0) is 11.3. The second-order valence-corrected chi connectivity index (χ2v) is 4.37. The highest BCUT2D eigenvalue weighted by molar-refractivity contribution is 5.86. The van der Waals surface area contributed by atoms with E-state index < -0.39 is 0 Å². The summed E-state index contributed by atoms with van der Waals surface area (Å²) in [6, 6.07) is 0. The lowest BCUT2D eigenvalue weighted by atomic mass is 9.77. The van der Waals surface area contributed by atoms with Crippen molar-refractivity contribution < 1.29 is 14.4 Å². The van der Waals surface area contributed by atoms with Crippen LogP contribution >= 0.6 is 0 Å². The van der Waals surface area contributed by atoms with Gasteiger partial charge in [-0.1, -0.05) is 6.42 Å². The van der Waals surface area contributed by atoms with E-state index >= 15 is 0 Å². The van der Waals surface area contributed by atoms with Crippen LogP contribution in [0.15, 0.2) is 0 Å². The number of hydrogen-bond acceptors (Lipinski definition) is 3. The number of aldehydes is 1. The molecule has 1 fully saturated rings. The molecule has 3 nitrogen and oxygen atoms in total. The van der Waals surface area contributed by atoms with Gasteiger partial charge in [-0.15, -0.1) is 0 Å². The fourth-order valence-corrected chi connectivity index (χ4v) is 2.24. The number of Topliss-reactive ketones (excluding diaryl/α,β-unsaturated/α-hetero) is 2. The third-order valence-electron chi connectivity index (χ3n) is 3.14. The van der Waals surface area contributed by atoms with Gasteiger partial charge >= 0.3 is 0 Å². The first-order valence-electron chi connectivity index (χ1n) is 5.62. The number of hydrogen-bond donors (Lipinski definition) is 0. The molecule has 0 aromatic heterocycles. The highest BCUT2D eigenvalue weighted by Crippen LogP contribution is 2.30. The van der Waals surface area contributed by atoms with Crippen molar-refractivity contribution in [3.8, 4) is 0 Å². The topological polar surface area (TPSA) is 51.2 Å². The Kier molecular flexibility index (Phi) is 4.66. The van der Waals surface area contributed by atoms with E-state index in [1.54, 1.807) is 6.92 Å². The molecule has 0 heterocycles. The highest BCUT2D eigenvalue weighted by atomic mass is 16.1. The second-order valence-electron chi connectivity index (χ2n) is 4.37. The van der Waals surface area contributed by atoms with Crippen LogP contribution in [0.25, 0.3) is 0 Å². The summed E-state index contributed by atoms with van der Waals surface area (Å²) in [5.41, 5.74) is 0. The lowest BCUT2D eigenvalue weighted by Gasteiger charge is -2.26. The van der Waals surface area contributed by atoms with Gasteiger partial charge in [-0.05, 0) is 26.2 Å². The molecule has 0 aliphatic heterocycles. The van der Waals surface area contributed by atoms with E-state index in [1.165, 1.54) is 0 Å². The summed E-state index contributed by atoms with van der Waals surface area (Å²) in [5.74, 6) is 0.288. The Labute approximate surface area is 90.2 Å². The number of carbonyl (C=O) groups excluding carboxylic acids is 3. The maximum Gasteiger partial charge on any atom is 0.139 e. The first kappa shape index (κ1) is 12.1. The van der Waals surface area contributed by atoms with Crippen molar-refractivity contribution in [2.24, 2.45) is 11.8 Å². The molecule has 0 saturated heterocycles. The second kappa shape index (κ2) is 5.79. The standard InChI is InChI=1S/C12H18O3/c1-9(14)5-6-10-3-2-4-11(7-8-13)12(10)15/h8,10-11H,2-7H2,1H3. The Morgan fingerprint density at radius 1 is 1.40 bits per heavy atom. The van der Waals surface area contributed by atoms with E-state index in [0.29, 0.717) is 19.3 Å². The molecule has 0 aromatic carbocycles. The summed E-state index contributed by atoms with van der Waals surface area (Å²) in [6.07, 6.45) is 5.08. The van der Waals surface area contributed by atoms with Gasteiger partial charge in [0, 0.05) is 24.7 Å². The van der Waals surface area contributed by atoms with Gasteiger partial charge in [0.2, 0.25) is 0 Å². The smallest absolute Gasteiger partial charge is 0.139 e. The van der Waals surface area contributed by atoms with Crippen molar-refractivity contribution in [1.82, 2.24) is 0 Å². The van der Waals surface area contributed by atoms with Gasteiger partial charge in [0.1, 0.15) is 17.9 Å². The Balaban J connectivity index is 2.46. The molecule has 0 bridgehead atoms. The van der Waals surface area contributed by atoms with Crippen molar-refractivity contribution >= 4 is 17.9 Å². The molecule has 1 rings (SSSR count). The monoisotopic (exact) mass is 210 g/mol. The van der Waals surface area contributed by atoms with Crippen molar-refractivity contribution in [3.63, 3.8) is 0 Å². The summed E-state index contributed by atoms with van der Waals surface area (Å²) < 4.78 is 0. The van der Waals surface area contributed by atoms with Gasteiger partial charge in [0.15, 0.2) is 0 Å². The van der Waals surface area contributed by atoms with Crippen LogP contribution in [0.5, 0.6) is 0 Å². The average molecular weight is 210 g/mol. The SMILES string of the molecule is CC(=O)CCC1CCCC(CC=O)C1=O. The molecule has 2 unspecified atom stereocenters. The molecule has 1 aliphatic rings. The molecule has 15 heavy (non-hydrogen) atoms. The van der Waals surface area contributed by atoms with Crippen LogP contribution in [-0.2, 0) is 14.4 Å². The van der Waals surface area contributed by atoms with Crippen molar-refractivity contribution in [2.45, 2.75) is 45.4 Å². The predicted octanol–water partition coefficient (Wildman–Crippen LogP) is 1.93. The van der Waals surface area contributed by atoms with E-state index in [2.05, 4.69) is 0 Å². The maximum atomic E-state index is 11.9. The van der Waals surface area contributed by atoms with Crippen LogP contribution in [0.1, 0.15) is 45.4 Å². The zero-order valence-corrected chi connectivity index (χ0v) is 9.20. The van der Waals surface area contributed by atoms with E-state index in [-0.39, 0.29) is 23.4 Å². The van der Waals surface area contributed by atoms with E-state index in [1.807, 2.05) is 0 Å². The van der Waals surface area contributed by atoms with Crippen molar-refractivity contribution in [3.05, 3.63) is 0 Å². The van der Waals surface area contributed by atoms with Crippen molar-refractivity contribution in [1.29, 1.82) is 0 Å². The minimum Gasteiger partial charge on any atom is -0.303 e. The molecule has 3 heteroatoms. The van der Waals surface area contributed by atoms with Crippen LogP contribution in [0.2, 0.25) is 0 Å². The largest absolute Gasteiger partial charge is 0.303 e. The lowest BCUT2D eigenvalue weighted by Crippen LogP contribution is -2.29. The van der Waals surface area contributed by atoms with Crippen LogP contribution < -0.4 is 0 Å². The van der Waals surface area contributed by atoms with E-state index in [0.717, 1.165) is 25.5 Å². The van der Waals surface area contributed by atoms with Gasteiger partial charge in [-0.3, -0.25) is 4.79 Å². The molecule has 2 atom stereocenters. The maximum absolute atomic E-state index is 11.9. The van der Waals surface area contributed by atoms with Gasteiger partial charge < -0.3 is 9.59 Å². The van der Waals surface area contributed by atoms with Gasteiger partial charge in [-0.2, -0.15) is 0 Å². The minimum absolute atomic E-state index is 0.0209. The van der Waals surface area contributed by atoms with E-state index in [9.17, 15) is 14.4 Å². The fourth-order valence-electron chi connectivity index (χ4n) is 2.24. The number of rotatable bonds is 5. The Morgan fingerprint density at radius 2 is 2.07 bits per heavy atom. The molecule has 0 N–H and O–H groups in total. The van der Waals surface area contributed by atoms with Crippen LogP contribution in [0.4, 0.5) is 0 Å². The molecule has 0 radical (unpaired) electrons. The first-order chi connectivity index (χ1) is 7.15. The van der Waals surface area contributed by atoms with Crippen LogP contribution in [-0.4, -0.2) is 17.9 Å². The Morgan fingerprint density at radius 3 is 2.67 bits per heavy atom. The summed E-state index contributed by atoms with van der Waals surface area (Å²) in [7, 11) is 0. The molecule has 1 saturated carbocycles. The molecule has 0 spiro atoms. The molecular weight excluding hydrogens is 192 g/mol. The van der Waals surface area contributed by atoms with Gasteiger partial charge in [-0.25, -0.2) is 0 Å². The zero-order valence-electron chi connectivity index (χ0n) is 9.20. The Hall–Kier alpha value is -0.990. The minimum atomic E-state index is -0.0757. The van der Waals surface area contributed by atoms with Crippen LogP contribution in [0, 0.1) is 11.8 Å². The van der Waals surface area contributed by atoms with Gasteiger partial charge in [0.25, 0.3) is 0 Å². The highest BCUT2D eigenvalue weighted by Gasteiger charge is 2.30. The number of carbonyl (C=O) groups is 3. The third-order valence-corrected chi connectivity index (χ3v) is 3.14. The summed E-state index contributed by atoms with van der Waals surface area (Å²) in [5, 5.41) is 0. The fraction of sp³-hybridized carbons (Fsp3) is 0.750. The van der Waals surface area contributed by atoms with Crippen LogP contribution in [0.3, 0.4) is 0 Å². The Bertz CT molecular complexity index is 258. The average Bonchev–Trinajstić information content (AvgIpc) is 2.19. The summed E-state index contributed by atoms with van der Waals surface area (Å²) >= 11 is 0. The lowest BCUT2D eigenvalue weighted by molar-refractivity contribution is -0.131. The normalized spacial score (nSPS) is 26.3. The first-order valence-corrected chi connectivity index (χ1v) is 5.62. The molecule has 0 aromatic rings. The molecule has 1 aliphatic carbocycles. The quantitative estimate of drug-likeness (QED) is 0.651. The van der Waals surface area contributed by atoms with Gasteiger partial charge in [0.05, 0.1) is 0 Å². The summed E-state index contributed by atoms with van der Waals surface area (Å²) in [4.78, 5) is 33.1. The predicted molar refractivity (Wildman–Crippen MR) is 56.4 cm³/mol. The molecular formula is C12H18O3. The molecule has 0 amide bonds.